The average Bonchev–Trinajstić information content (AvgIpc) is 2.60. The Morgan fingerprint density at radius 3 is 2.83 bits per heavy atom. The van der Waals surface area contributed by atoms with Crippen LogP contribution in [0.25, 0.3) is 0 Å². The molecular weight excluding hydrogens is 314 g/mol. The van der Waals surface area contributed by atoms with Crippen molar-refractivity contribution in [1.29, 1.82) is 0 Å². The highest BCUT2D eigenvalue weighted by Crippen LogP contribution is 2.13. The Morgan fingerprint density at radius 1 is 1.42 bits per heavy atom. The van der Waals surface area contributed by atoms with Crippen LogP contribution in [0.2, 0.25) is 0 Å². The molecule has 1 amide bonds. The lowest BCUT2D eigenvalue weighted by Crippen LogP contribution is -2.36. The molecule has 0 spiro atoms. The minimum Gasteiger partial charge on any atom is -0.449 e. The van der Waals surface area contributed by atoms with Crippen molar-refractivity contribution in [2.24, 2.45) is 5.16 Å². The first kappa shape index (κ1) is 17.5. The fraction of sp³-hybridized carbons (Fsp3) is 0.375. The first-order valence-electron chi connectivity index (χ1n) is 7.50. The third-order valence-corrected chi connectivity index (χ3v) is 3.52. The summed E-state index contributed by atoms with van der Waals surface area (Å²) in [6.45, 7) is 1.25. The van der Waals surface area contributed by atoms with Gasteiger partial charge in [-0.25, -0.2) is 4.79 Å². The Bertz CT molecular complexity index is 640. The van der Waals surface area contributed by atoms with Crippen LogP contribution in [0.15, 0.2) is 41.1 Å². The van der Waals surface area contributed by atoms with E-state index >= 15 is 0 Å². The van der Waals surface area contributed by atoms with Crippen LogP contribution in [0, 0.1) is 10.1 Å². The van der Waals surface area contributed by atoms with E-state index in [1.165, 1.54) is 19.2 Å². The summed E-state index contributed by atoms with van der Waals surface area (Å²) in [6, 6.07) is 6.20. The van der Waals surface area contributed by atoms with Gasteiger partial charge >= 0.3 is 6.09 Å². The number of nitrogens with zero attached hydrogens (tertiary/aromatic N) is 3. The summed E-state index contributed by atoms with van der Waals surface area (Å²) in [5.41, 5.74) is 1.82. The molecule has 1 aliphatic rings. The molecule has 1 aromatic rings. The van der Waals surface area contributed by atoms with Crippen molar-refractivity contribution < 1.29 is 19.3 Å². The predicted octanol–water partition coefficient (Wildman–Crippen LogP) is 2.54. The number of benzene rings is 1. The summed E-state index contributed by atoms with van der Waals surface area (Å²) in [7, 11) is 1.46. The zero-order valence-corrected chi connectivity index (χ0v) is 13.4. The van der Waals surface area contributed by atoms with E-state index < -0.39 is 4.92 Å². The van der Waals surface area contributed by atoms with Crippen molar-refractivity contribution in [3.05, 3.63) is 51.6 Å². The minimum absolute atomic E-state index is 0.0427. The summed E-state index contributed by atoms with van der Waals surface area (Å²) >= 11 is 0. The fourth-order valence-corrected chi connectivity index (χ4v) is 2.27. The maximum Gasteiger partial charge on any atom is 0.410 e. The van der Waals surface area contributed by atoms with Crippen molar-refractivity contribution in [3.63, 3.8) is 0 Å². The number of non-ortho nitro benzene ring substituents is 1. The number of amides is 1. The van der Waals surface area contributed by atoms with E-state index in [9.17, 15) is 14.9 Å². The fourth-order valence-electron chi connectivity index (χ4n) is 2.27. The Kier molecular flexibility index (Phi) is 6.30. The first-order chi connectivity index (χ1) is 11.6. The Labute approximate surface area is 139 Å². The van der Waals surface area contributed by atoms with E-state index in [0.717, 1.165) is 17.6 Å². The van der Waals surface area contributed by atoms with Gasteiger partial charge in [0.15, 0.2) is 0 Å². The summed E-state index contributed by atoms with van der Waals surface area (Å²) < 4.78 is 5.27. The number of rotatable bonds is 6. The molecule has 0 fully saturated rings. The third-order valence-electron chi connectivity index (χ3n) is 3.52. The third kappa shape index (κ3) is 5.08. The molecule has 24 heavy (non-hydrogen) atoms. The van der Waals surface area contributed by atoms with Crippen LogP contribution in [-0.2, 0) is 16.0 Å². The molecule has 0 bridgehead atoms. The lowest BCUT2D eigenvalue weighted by atomic mass is 10.1. The van der Waals surface area contributed by atoms with Gasteiger partial charge in [-0.15, -0.1) is 0 Å². The molecular formula is C16H19N3O5. The van der Waals surface area contributed by atoms with Gasteiger partial charge in [-0.2, -0.15) is 0 Å². The number of oxime groups is 1. The molecule has 0 aliphatic carbocycles. The number of nitro benzene ring substituents is 1. The maximum atomic E-state index is 12.1. The molecule has 0 atom stereocenters. The highest BCUT2D eigenvalue weighted by molar-refractivity contribution is 5.80. The largest absolute Gasteiger partial charge is 0.449 e. The van der Waals surface area contributed by atoms with Crippen LogP contribution >= 0.6 is 0 Å². The zero-order valence-electron chi connectivity index (χ0n) is 13.4. The quantitative estimate of drug-likeness (QED) is 0.453. The second kappa shape index (κ2) is 8.66. The van der Waals surface area contributed by atoms with E-state index in [1.807, 2.05) is 6.08 Å². The molecule has 1 aliphatic heterocycles. The van der Waals surface area contributed by atoms with E-state index in [1.54, 1.807) is 23.2 Å². The summed E-state index contributed by atoms with van der Waals surface area (Å²) in [6.07, 6.45) is 4.45. The summed E-state index contributed by atoms with van der Waals surface area (Å²) in [5, 5.41) is 14.3. The topological polar surface area (TPSA) is 94.3 Å². The summed E-state index contributed by atoms with van der Waals surface area (Å²) in [4.78, 5) is 28.4. The number of hydrogen-bond acceptors (Lipinski definition) is 6. The van der Waals surface area contributed by atoms with Gasteiger partial charge in [0.25, 0.3) is 5.69 Å². The van der Waals surface area contributed by atoms with Crippen molar-refractivity contribution in [1.82, 2.24) is 4.90 Å². The molecule has 0 radical (unpaired) electrons. The van der Waals surface area contributed by atoms with E-state index in [-0.39, 0.29) is 18.4 Å². The molecule has 8 nitrogen and oxygen atoms in total. The van der Waals surface area contributed by atoms with Gasteiger partial charge in [0, 0.05) is 25.1 Å². The van der Waals surface area contributed by atoms with Crippen LogP contribution in [0.1, 0.15) is 12.0 Å². The smallest absolute Gasteiger partial charge is 0.410 e. The Balaban J connectivity index is 1.78. The van der Waals surface area contributed by atoms with E-state index in [0.29, 0.717) is 19.5 Å². The zero-order chi connectivity index (χ0) is 17.4. The van der Waals surface area contributed by atoms with Crippen molar-refractivity contribution >= 4 is 18.0 Å². The molecule has 0 aromatic heterocycles. The minimum atomic E-state index is -0.446. The van der Waals surface area contributed by atoms with Crippen LogP contribution in [0.5, 0.6) is 0 Å². The highest BCUT2D eigenvalue weighted by atomic mass is 16.6. The normalized spacial score (nSPS) is 14.4. The number of nitro groups is 1. The SMILES string of the molecule is CO/N=C/C1=CCCN(C(=O)OCCc2ccc([N+](=O)[O-])cc2)C1. The lowest BCUT2D eigenvalue weighted by molar-refractivity contribution is -0.384. The van der Waals surface area contributed by atoms with Gasteiger partial charge in [-0.3, -0.25) is 10.1 Å². The molecule has 0 unspecified atom stereocenters. The van der Waals surface area contributed by atoms with Gasteiger partial charge in [0.05, 0.1) is 24.3 Å². The molecule has 2 rings (SSSR count). The molecule has 1 heterocycles. The Hall–Kier alpha value is -2.90. The average molecular weight is 333 g/mol. The molecule has 0 saturated carbocycles. The second-order valence-electron chi connectivity index (χ2n) is 5.19. The van der Waals surface area contributed by atoms with Crippen molar-refractivity contribution in [3.8, 4) is 0 Å². The highest BCUT2D eigenvalue weighted by Gasteiger charge is 2.18. The molecule has 1 aromatic carbocycles. The monoisotopic (exact) mass is 333 g/mol. The summed E-state index contributed by atoms with van der Waals surface area (Å²) in [5.74, 6) is 0. The van der Waals surface area contributed by atoms with E-state index in [2.05, 4.69) is 9.99 Å². The first-order valence-corrected chi connectivity index (χ1v) is 7.50. The maximum absolute atomic E-state index is 12.1. The number of carbonyl (C=O) groups is 1. The standard InChI is InChI=1S/C16H19N3O5/c1-23-17-11-14-3-2-9-18(12-14)16(20)24-10-8-13-4-6-15(7-5-13)19(21)22/h3-7,11H,2,8-10,12H2,1H3/b17-11+. The van der Waals surface area contributed by atoms with Gasteiger partial charge in [-0.05, 0) is 17.6 Å². The predicted molar refractivity (Wildman–Crippen MR) is 87.9 cm³/mol. The van der Waals surface area contributed by atoms with Gasteiger partial charge in [-0.1, -0.05) is 23.4 Å². The van der Waals surface area contributed by atoms with Crippen LogP contribution in [0.4, 0.5) is 10.5 Å². The Morgan fingerprint density at radius 2 is 2.17 bits per heavy atom. The molecule has 8 heteroatoms. The van der Waals surface area contributed by atoms with Crippen LogP contribution in [-0.4, -0.2) is 48.9 Å². The van der Waals surface area contributed by atoms with Gasteiger partial charge < -0.3 is 14.5 Å². The molecule has 128 valence electrons. The van der Waals surface area contributed by atoms with Gasteiger partial charge in [0.1, 0.15) is 7.11 Å². The van der Waals surface area contributed by atoms with Crippen molar-refractivity contribution in [2.45, 2.75) is 12.8 Å². The van der Waals surface area contributed by atoms with Gasteiger partial charge in [0.2, 0.25) is 0 Å². The van der Waals surface area contributed by atoms with Crippen LogP contribution < -0.4 is 0 Å². The lowest BCUT2D eigenvalue weighted by Gasteiger charge is -2.25. The molecule has 0 N–H and O–H groups in total. The van der Waals surface area contributed by atoms with E-state index in [4.69, 9.17) is 4.74 Å². The molecule has 0 saturated heterocycles. The van der Waals surface area contributed by atoms with Crippen LogP contribution in [0.3, 0.4) is 0 Å². The number of ether oxygens (including phenoxy) is 1. The number of carbonyl (C=O) groups excluding carboxylic acids is 1. The second-order valence-corrected chi connectivity index (χ2v) is 5.19. The van der Waals surface area contributed by atoms with Crippen molar-refractivity contribution in [2.75, 3.05) is 26.8 Å². The number of hydrogen-bond donors (Lipinski definition) is 0.